The summed E-state index contributed by atoms with van der Waals surface area (Å²) in [5.74, 6) is 0.345. The van der Waals surface area contributed by atoms with Gasteiger partial charge >= 0.3 is 5.97 Å². The van der Waals surface area contributed by atoms with Gasteiger partial charge in [0.1, 0.15) is 0 Å². The van der Waals surface area contributed by atoms with Crippen molar-refractivity contribution in [1.82, 2.24) is 4.90 Å². The van der Waals surface area contributed by atoms with Crippen molar-refractivity contribution in [2.75, 3.05) is 31.2 Å². The van der Waals surface area contributed by atoms with Crippen molar-refractivity contribution in [2.45, 2.75) is 33.0 Å². The van der Waals surface area contributed by atoms with Gasteiger partial charge in [0.2, 0.25) is 5.91 Å². The smallest absolute Gasteiger partial charge is 0.315 e. The average Bonchev–Trinajstić information content (AvgIpc) is 2.27. The van der Waals surface area contributed by atoms with E-state index >= 15 is 0 Å². The minimum atomic E-state index is -0.265. The van der Waals surface area contributed by atoms with Crippen molar-refractivity contribution in [3.63, 3.8) is 0 Å². The first kappa shape index (κ1) is 15.3. The van der Waals surface area contributed by atoms with E-state index in [4.69, 9.17) is 9.47 Å². The molecule has 5 nitrogen and oxygen atoms in total. The second-order valence-electron chi connectivity index (χ2n) is 4.35. The van der Waals surface area contributed by atoms with Gasteiger partial charge in [-0.25, -0.2) is 0 Å². The van der Waals surface area contributed by atoms with E-state index in [1.807, 2.05) is 13.8 Å². The molecule has 2 atom stereocenters. The lowest BCUT2D eigenvalue weighted by Gasteiger charge is -2.35. The van der Waals surface area contributed by atoms with E-state index in [1.165, 1.54) is 11.8 Å². The lowest BCUT2D eigenvalue weighted by Crippen LogP contribution is -2.48. The van der Waals surface area contributed by atoms with E-state index in [9.17, 15) is 9.59 Å². The molecule has 0 aromatic heterocycles. The fraction of sp³-hybridized carbons (Fsp3) is 0.833. The Morgan fingerprint density at radius 1 is 1.28 bits per heavy atom. The van der Waals surface area contributed by atoms with Crippen LogP contribution in [0.15, 0.2) is 0 Å². The topological polar surface area (TPSA) is 55.8 Å². The number of esters is 1. The van der Waals surface area contributed by atoms with Gasteiger partial charge in [-0.05, 0) is 20.8 Å². The van der Waals surface area contributed by atoms with Crippen LogP contribution in [0.4, 0.5) is 0 Å². The van der Waals surface area contributed by atoms with Crippen molar-refractivity contribution in [3.8, 4) is 0 Å². The molecule has 104 valence electrons. The summed E-state index contributed by atoms with van der Waals surface area (Å²) in [7, 11) is 0. The third-order valence-corrected chi connectivity index (χ3v) is 3.41. The van der Waals surface area contributed by atoms with Crippen molar-refractivity contribution in [3.05, 3.63) is 0 Å². The Balaban J connectivity index is 2.25. The maximum atomic E-state index is 11.9. The van der Waals surface area contributed by atoms with Crippen molar-refractivity contribution in [2.24, 2.45) is 0 Å². The molecule has 0 radical (unpaired) electrons. The summed E-state index contributed by atoms with van der Waals surface area (Å²) in [6, 6.07) is 0. The fourth-order valence-electron chi connectivity index (χ4n) is 1.90. The zero-order chi connectivity index (χ0) is 13.5. The van der Waals surface area contributed by atoms with E-state index in [0.29, 0.717) is 25.4 Å². The first-order valence-electron chi connectivity index (χ1n) is 6.19. The van der Waals surface area contributed by atoms with Gasteiger partial charge in [0, 0.05) is 13.1 Å². The first-order chi connectivity index (χ1) is 8.52. The average molecular weight is 275 g/mol. The molecule has 18 heavy (non-hydrogen) atoms. The summed E-state index contributed by atoms with van der Waals surface area (Å²) in [6.07, 6.45) is 0.153. The molecular formula is C12H21NO4S. The third-order valence-electron chi connectivity index (χ3n) is 2.52. The highest BCUT2D eigenvalue weighted by Crippen LogP contribution is 2.12. The van der Waals surface area contributed by atoms with Gasteiger partial charge in [0.05, 0.1) is 30.3 Å². The number of hydrogen-bond donors (Lipinski definition) is 0. The molecule has 2 unspecified atom stereocenters. The van der Waals surface area contributed by atoms with Crippen LogP contribution in [0.1, 0.15) is 20.8 Å². The van der Waals surface area contributed by atoms with Gasteiger partial charge in [0.15, 0.2) is 0 Å². The van der Waals surface area contributed by atoms with Crippen LogP contribution in [0.5, 0.6) is 0 Å². The molecule has 0 aromatic carbocycles. The molecule has 0 aliphatic carbocycles. The van der Waals surface area contributed by atoms with E-state index in [0.717, 1.165) is 0 Å². The summed E-state index contributed by atoms with van der Waals surface area (Å²) < 4.78 is 10.4. The number of thioether (sulfide) groups is 1. The molecule has 1 saturated heterocycles. The molecule has 0 saturated carbocycles. The SMILES string of the molecule is CCOC(=O)CSCC(=O)N1CC(C)OC(C)C1. The molecule has 0 spiro atoms. The van der Waals surface area contributed by atoms with E-state index in [2.05, 4.69) is 0 Å². The zero-order valence-corrected chi connectivity index (χ0v) is 12.0. The van der Waals surface area contributed by atoms with Gasteiger partial charge in [-0.1, -0.05) is 0 Å². The van der Waals surface area contributed by atoms with Gasteiger partial charge in [-0.3, -0.25) is 9.59 Å². The predicted molar refractivity (Wildman–Crippen MR) is 70.5 cm³/mol. The second-order valence-corrected chi connectivity index (χ2v) is 5.34. The summed E-state index contributed by atoms with van der Waals surface area (Å²) in [5, 5.41) is 0. The number of nitrogens with zero attached hydrogens (tertiary/aromatic N) is 1. The Bertz CT molecular complexity index is 288. The number of rotatable bonds is 5. The van der Waals surface area contributed by atoms with Crippen LogP contribution in [-0.4, -0.2) is 60.2 Å². The highest BCUT2D eigenvalue weighted by atomic mass is 32.2. The van der Waals surface area contributed by atoms with Crippen molar-refractivity contribution >= 4 is 23.6 Å². The maximum Gasteiger partial charge on any atom is 0.315 e. The molecule has 1 rings (SSSR count). The van der Waals surface area contributed by atoms with Crippen LogP contribution < -0.4 is 0 Å². The Morgan fingerprint density at radius 3 is 2.44 bits per heavy atom. The molecular weight excluding hydrogens is 254 g/mol. The van der Waals surface area contributed by atoms with Crippen LogP contribution in [0.3, 0.4) is 0 Å². The number of carbonyl (C=O) groups excluding carboxylic acids is 2. The standard InChI is InChI=1S/C12H21NO4S/c1-4-16-12(15)8-18-7-11(14)13-5-9(2)17-10(3)6-13/h9-10H,4-8H2,1-3H3. The minimum Gasteiger partial charge on any atom is -0.465 e. The number of carbonyl (C=O) groups is 2. The van der Waals surface area contributed by atoms with Gasteiger partial charge in [0.25, 0.3) is 0 Å². The Labute approximate surface area is 112 Å². The Morgan fingerprint density at radius 2 is 1.89 bits per heavy atom. The zero-order valence-electron chi connectivity index (χ0n) is 11.2. The number of morpholine rings is 1. The van der Waals surface area contributed by atoms with Crippen LogP contribution in [0.2, 0.25) is 0 Å². The van der Waals surface area contributed by atoms with E-state index in [-0.39, 0.29) is 29.8 Å². The monoisotopic (exact) mass is 275 g/mol. The summed E-state index contributed by atoms with van der Waals surface area (Å²) >= 11 is 1.30. The molecule has 6 heteroatoms. The van der Waals surface area contributed by atoms with Gasteiger partial charge in [-0.2, -0.15) is 0 Å². The molecule has 1 aliphatic rings. The van der Waals surface area contributed by atoms with Crippen LogP contribution in [-0.2, 0) is 19.1 Å². The number of amides is 1. The lowest BCUT2D eigenvalue weighted by atomic mass is 10.2. The second kappa shape index (κ2) is 7.63. The third kappa shape index (κ3) is 5.27. The Kier molecular flexibility index (Phi) is 6.49. The first-order valence-corrected chi connectivity index (χ1v) is 7.35. The van der Waals surface area contributed by atoms with Crippen LogP contribution in [0, 0.1) is 0 Å². The minimum absolute atomic E-state index is 0.0614. The molecule has 0 bridgehead atoms. The molecule has 1 aliphatic heterocycles. The highest BCUT2D eigenvalue weighted by molar-refractivity contribution is 8.00. The summed E-state index contributed by atoms with van der Waals surface area (Å²) in [4.78, 5) is 24.8. The maximum absolute atomic E-state index is 11.9. The van der Waals surface area contributed by atoms with Crippen molar-refractivity contribution < 1.29 is 19.1 Å². The quantitative estimate of drug-likeness (QED) is 0.698. The van der Waals surface area contributed by atoms with Crippen LogP contribution in [0.25, 0.3) is 0 Å². The van der Waals surface area contributed by atoms with E-state index in [1.54, 1.807) is 11.8 Å². The Hall–Kier alpha value is -0.750. The normalized spacial score (nSPS) is 23.8. The molecule has 0 aromatic rings. The van der Waals surface area contributed by atoms with E-state index < -0.39 is 0 Å². The lowest BCUT2D eigenvalue weighted by molar-refractivity contribution is -0.140. The molecule has 1 heterocycles. The van der Waals surface area contributed by atoms with Gasteiger partial charge < -0.3 is 14.4 Å². The van der Waals surface area contributed by atoms with Crippen LogP contribution >= 0.6 is 11.8 Å². The summed E-state index contributed by atoms with van der Waals surface area (Å²) in [6.45, 7) is 7.33. The highest BCUT2D eigenvalue weighted by Gasteiger charge is 2.25. The molecule has 0 N–H and O–H groups in total. The molecule has 1 fully saturated rings. The van der Waals surface area contributed by atoms with Gasteiger partial charge in [-0.15, -0.1) is 11.8 Å². The number of hydrogen-bond acceptors (Lipinski definition) is 5. The fourth-order valence-corrected chi connectivity index (χ4v) is 2.61. The predicted octanol–water partition coefficient (Wildman–Crippen LogP) is 0.919. The number of ether oxygens (including phenoxy) is 2. The summed E-state index contributed by atoms with van der Waals surface area (Å²) in [5.41, 5.74) is 0. The van der Waals surface area contributed by atoms with Crippen molar-refractivity contribution in [1.29, 1.82) is 0 Å². The largest absolute Gasteiger partial charge is 0.465 e. The molecule has 1 amide bonds.